The molecule has 0 spiro atoms. The van der Waals surface area contributed by atoms with Crippen LogP contribution in [0.2, 0.25) is 0 Å². The van der Waals surface area contributed by atoms with Crippen molar-refractivity contribution in [3.8, 4) is 0 Å². The summed E-state index contributed by atoms with van der Waals surface area (Å²) in [4.78, 5) is 6.95. The molecule has 0 unspecified atom stereocenters. The van der Waals surface area contributed by atoms with Gasteiger partial charge in [-0.3, -0.25) is 0 Å². The van der Waals surface area contributed by atoms with E-state index in [4.69, 9.17) is 4.98 Å². The summed E-state index contributed by atoms with van der Waals surface area (Å²) < 4.78 is 0. The molecule has 0 fully saturated rings. The van der Waals surface area contributed by atoms with Crippen LogP contribution in [-0.2, 0) is 13.0 Å². The summed E-state index contributed by atoms with van der Waals surface area (Å²) >= 11 is 0. The monoisotopic (exact) mass is 235 g/mol. The van der Waals surface area contributed by atoms with E-state index in [-0.39, 0.29) is 0 Å². The van der Waals surface area contributed by atoms with Gasteiger partial charge in [-0.05, 0) is 45.0 Å². The average Bonchev–Trinajstić information content (AvgIpc) is 2.28. The topological polar surface area (TPSA) is 28.2 Å². The lowest BCUT2D eigenvalue weighted by Crippen LogP contribution is -2.27. The SMILES string of the molecule is CCCc1cc(CNC)cc(N(C)C(C)C)n1. The minimum absolute atomic E-state index is 0.474. The third kappa shape index (κ3) is 4.00. The highest BCUT2D eigenvalue weighted by molar-refractivity contribution is 5.42. The van der Waals surface area contributed by atoms with E-state index >= 15 is 0 Å². The molecule has 96 valence electrons. The Morgan fingerprint density at radius 2 is 2.06 bits per heavy atom. The molecule has 1 aromatic heterocycles. The van der Waals surface area contributed by atoms with Crippen LogP contribution < -0.4 is 10.2 Å². The summed E-state index contributed by atoms with van der Waals surface area (Å²) in [6.45, 7) is 7.47. The highest BCUT2D eigenvalue weighted by atomic mass is 15.2. The van der Waals surface area contributed by atoms with Crippen LogP contribution in [0, 0.1) is 0 Å². The first-order valence-electron chi connectivity index (χ1n) is 6.45. The second-order valence-corrected chi connectivity index (χ2v) is 4.81. The lowest BCUT2D eigenvalue weighted by Gasteiger charge is -2.24. The van der Waals surface area contributed by atoms with E-state index in [1.165, 1.54) is 11.3 Å². The zero-order valence-corrected chi connectivity index (χ0v) is 11.7. The van der Waals surface area contributed by atoms with Gasteiger partial charge in [0.2, 0.25) is 0 Å². The maximum absolute atomic E-state index is 4.72. The normalized spacial score (nSPS) is 10.9. The summed E-state index contributed by atoms with van der Waals surface area (Å²) in [6.07, 6.45) is 2.19. The Morgan fingerprint density at radius 3 is 2.59 bits per heavy atom. The van der Waals surface area contributed by atoms with Gasteiger partial charge < -0.3 is 10.2 Å². The largest absolute Gasteiger partial charge is 0.357 e. The molecule has 1 rings (SSSR count). The van der Waals surface area contributed by atoms with Gasteiger partial charge in [0.1, 0.15) is 5.82 Å². The molecule has 0 radical (unpaired) electrons. The van der Waals surface area contributed by atoms with E-state index in [0.29, 0.717) is 6.04 Å². The van der Waals surface area contributed by atoms with Crippen molar-refractivity contribution in [3.63, 3.8) is 0 Å². The molecule has 0 atom stereocenters. The number of anilines is 1. The number of aromatic nitrogens is 1. The number of hydrogen-bond acceptors (Lipinski definition) is 3. The molecular formula is C14H25N3. The van der Waals surface area contributed by atoms with E-state index in [1.54, 1.807) is 0 Å². The minimum Gasteiger partial charge on any atom is -0.357 e. The Hall–Kier alpha value is -1.09. The first-order chi connectivity index (χ1) is 8.08. The standard InChI is InChI=1S/C14H25N3/c1-6-7-13-8-12(10-15-4)9-14(16-13)17(5)11(2)3/h8-9,11,15H,6-7,10H2,1-5H3. The number of hydrogen-bond donors (Lipinski definition) is 1. The summed E-state index contributed by atoms with van der Waals surface area (Å²) in [6, 6.07) is 4.86. The minimum atomic E-state index is 0.474. The third-order valence-corrected chi connectivity index (χ3v) is 2.95. The first-order valence-corrected chi connectivity index (χ1v) is 6.45. The van der Waals surface area contributed by atoms with Crippen molar-refractivity contribution in [2.75, 3.05) is 19.0 Å². The van der Waals surface area contributed by atoms with Crippen LogP contribution in [0.15, 0.2) is 12.1 Å². The maximum atomic E-state index is 4.72. The van der Waals surface area contributed by atoms with E-state index in [1.807, 2.05) is 7.05 Å². The predicted molar refractivity (Wildman–Crippen MR) is 74.5 cm³/mol. The van der Waals surface area contributed by atoms with Crippen molar-refractivity contribution >= 4 is 5.82 Å². The van der Waals surface area contributed by atoms with E-state index < -0.39 is 0 Å². The molecule has 0 bridgehead atoms. The van der Waals surface area contributed by atoms with Crippen molar-refractivity contribution in [1.29, 1.82) is 0 Å². The van der Waals surface area contributed by atoms with Crippen molar-refractivity contribution in [2.24, 2.45) is 0 Å². The number of pyridine rings is 1. The molecule has 0 amide bonds. The third-order valence-electron chi connectivity index (χ3n) is 2.95. The van der Waals surface area contributed by atoms with Gasteiger partial charge in [0.15, 0.2) is 0 Å². The zero-order chi connectivity index (χ0) is 12.8. The molecule has 0 saturated carbocycles. The predicted octanol–water partition coefficient (Wildman–Crippen LogP) is 2.60. The van der Waals surface area contributed by atoms with Gasteiger partial charge in [-0.1, -0.05) is 13.3 Å². The van der Waals surface area contributed by atoms with Crippen LogP contribution in [-0.4, -0.2) is 25.1 Å². The highest BCUT2D eigenvalue weighted by Gasteiger charge is 2.09. The molecule has 1 aromatic rings. The first kappa shape index (κ1) is 14.0. The molecule has 1 heterocycles. The van der Waals surface area contributed by atoms with Crippen molar-refractivity contribution in [2.45, 2.75) is 46.2 Å². The maximum Gasteiger partial charge on any atom is 0.129 e. The highest BCUT2D eigenvalue weighted by Crippen LogP contribution is 2.17. The molecular weight excluding hydrogens is 210 g/mol. The fraction of sp³-hybridized carbons (Fsp3) is 0.643. The Kier molecular flexibility index (Phi) is 5.42. The molecule has 0 aliphatic rings. The molecule has 1 N–H and O–H groups in total. The van der Waals surface area contributed by atoms with Crippen LogP contribution in [0.5, 0.6) is 0 Å². The van der Waals surface area contributed by atoms with E-state index in [2.05, 4.69) is 50.2 Å². The average molecular weight is 235 g/mol. The molecule has 3 nitrogen and oxygen atoms in total. The number of nitrogens with zero attached hydrogens (tertiary/aromatic N) is 2. The van der Waals surface area contributed by atoms with E-state index in [0.717, 1.165) is 25.2 Å². The van der Waals surface area contributed by atoms with Gasteiger partial charge in [-0.15, -0.1) is 0 Å². The lowest BCUT2D eigenvalue weighted by molar-refractivity contribution is 0.732. The fourth-order valence-corrected chi connectivity index (χ4v) is 1.77. The molecule has 0 aromatic carbocycles. The fourth-order valence-electron chi connectivity index (χ4n) is 1.77. The van der Waals surface area contributed by atoms with Gasteiger partial charge in [0.25, 0.3) is 0 Å². The molecule has 17 heavy (non-hydrogen) atoms. The smallest absolute Gasteiger partial charge is 0.129 e. The quantitative estimate of drug-likeness (QED) is 0.821. The van der Waals surface area contributed by atoms with Crippen LogP contribution >= 0.6 is 0 Å². The van der Waals surface area contributed by atoms with E-state index in [9.17, 15) is 0 Å². The second-order valence-electron chi connectivity index (χ2n) is 4.81. The molecule has 0 aliphatic carbocycles. The summed E-state index contributed by atoms with van der Waals surface area (Å²) in [5, 5.41) is 3.20. The van der Waals surface area contributed by atoms with Gasteiger partial charge in [-0.2, -0.15) is 0 Å². The Labute approximate surface area is 105 Å². The number of nitrogens with one attached hydrogen (secondary N) is 1. The number of rotatable bonds is 6. The lowest BCUT2D eigenvalue weighted by atomic mass is 10.1. The Balaban J connectivity index is 3.02. The summed E-state index contributed by atoms with van der Waals surface area (Å²) in [5.74, 6) is 1.08. The zero-order valence-electron chi connectivity index (χ0n) is 11.7. The molecule has 0 aliphatic heterocycles. The van der Waals surface area contributed by atoms with Crippen LogP contribution in [0.3, 0.4) is 0 Å². The van der Waals surface area contributed by atoms with Gasteiger partial charge in [0.05, 0.1) is 0 Å². The Morgan fingerprint density at radius 1 is 1.35 bits per heavy atom. The number of aryl methyl sites for hydroxylation is 1. The van der Waals surface area contributed by atoms with Crippen LogP contribution in [0.25, 0.3) is 0 Å². The van der Waals surface area contributed by atoms with Gasteiger partial charge >= 0.3 is 0 Å². The second kappa shape index (κ2) is 6.60. The van der Waals surface area contributed by atoms with Gasteiger partial charge in [0, 0.05) is 25.3 Å². The Bertz CT molecular complexity index is 323. The molecule has 0 saturated heterocycles. The van der Waals surface area contributed by atoms with Crippen LogP contribution in [0.4, 0.5) is 5.82 Å². The van der Waals surface area contributed by atoms with Crippen LogP contribution in [0.1, 0.15) is 38.4 Å². The molecule has 3 heteroatoms. The van der Waals surface area contributed by atoms with Crippen molar-refractivity contribution in [1.82, 2.24) is 10.3 Å². The van der Waals surface area contributed by atoms with Crippen molar-refractivity contribution in [3.05, 3.63) is 23.4 Å². The van der Waals surface area contributed by atoms with Crippen molar-refractivity contribution < 1.29 is 0 Å². The summed E-state index contributed by atoms with van der Waals surface area (Å²) in [7, 11) is 4.08. The summed E-state index contributed by atoms with van der Waals surface area (Å²) in [5.41, 5.74) is 2.51. The van der Waals surface area contributed by atoms with Gasteiger partial charge in [-0.25, -0.2) is 4.98 Å².